The molecule has 0 unspecified atom stereocenters. The molecule has 1 aromatic rings. The second kappa shape index (κ2) is 7.22. The number of amides is 1. The molecule has 0 aliphatic heterocycles. The topological polar surface area (TPSA) is 66.4 Å². The van der Waals surface area contributed by atoms with Crippen molar-refractivity contribution in [3.05, 3.63) is 34.1 Å². The van der Waals surface area contributed by atoms with Gasteiger partial charge >= 0.3 is 5.97 Å². The molecule has 120 valence electrons. The van der Waals surface area contributed by atoms with E-state index >= 15 is 0 Å². The van der Waals surface area contributed by atoms with Gasteiger partial charge in [-0.1, -0.05) is 28.8 Å². The van der Waals surface area contributed by atoms with Crippen LogP contribution >= 0.6 is 15.9 Å². The van der Waals surface area contributed by atoms with Gasteiger partial charge in [-0.15, -0.1) is 0 Å². The second-order valence-corrected chi connectivity index (χ2v) is 6.70. The van der Waals surface area contributed by atoms with Gasteiger partial charge in [-0.2, -0.15) is 0 Å². The first-order chi connectivity index (χ1) is 10.4. The highest BCUT2D eigenvalue weighted by molar-refractivity contribution is 9.10. The number of rotatable bonds is 6. The number of hydrogen-bond acceptors (Lipinski definition) is 2. The van der Waals surface area contributed by atoms with Gasteiger partial charge in [0.1, 0.15) is 5.82 Å². The summed E-state index contributed by atoms with van der Waals surface area (Å²) in [6, 6.07) is 4.37. The van der Waals surface area contributed by atoms with E-state index in [0.717, 1.165) is 22.9 Å². The summed E-state index contributed by atoms with van der Waals surface area (Å²) in [6.45, 7) is 0. The average molecular weight is 372 g/mol. The van der Waals surface area contributed by atoms with Crippen molar-refractivity contribution in [1.82, 2.24) is 5.32 Å². The number of carboxylic acid groups (broad SMARTS) is 1. The number of nitrogens with one attached hydrogen (secondary N) is 1. The Hall–Kier alpha value is -1.43. The number of aryl methyl sites for hydroxylation is 1. The van der Waals surface area contributed by atoms with Crippen molar-refractivity contribution in [1.29, 1.82) is 0 Å². The third-order valence-corrected chi connectivity index (χ3v) is 4.86. The molecule has 1 aromatic carbocycles. The summed E-state index contributed by atoms with van der Waals surface area (Å²) in [5, 5.41) is 11.9. The molecular formula is C16H19BrFNO3. The molecule has 1 fully saturated rings. The number of carbonyl (C=O) groups excluding carboxylic acids is 1. The van der Waals surface area contributed by atoms with E-state index in [-0.39, 0.29) is 24.6 Å². The van der Waals surface area contributed by atoms with Crippen molar-refractivity contribution in [3.63, 3.8) is 0 Å². The zero-order chi connectivity index (χ0) is 16.2. The first-order valence-electron chi connectivity index (χ1n) is 7.37. The van der Waals surface area contributed by atoms with Gasteiger partial charge < -0.3 is 10.4 Å². The summed E-state index contributed by atoms with van der Waals surface area (Å²) in [5.74, 6) is -1.41. The van der Waals surface area contributed by atoms with Crippen LogP contribution in [0, 0.1) is 5.82 Å². The van der Waals surface area contributed by atoms with Gasteiger partial charge in [-0.05, 0) is 43.0 Å². The molecule has 6 heteroatoms. The maximum Gasteiger partial charge on any atom is 0.305 e. The Bertz CT molecular complexity index is 571. The fourth-order valence-electron chi connectivity index (χ4n) is 3.03. The van der Waals surface area contributed by atoms with Crippen LogP contribution in [0.3, 0.4) is 0 Å². The highest BCUT2D eigenvalue weighted by Crippen LogP contribution is 2.32. The highest BCUT2D eigenvalue weighted by atomic mass is 79.9. The molecule has 0 bridgehead atoms. The SMILES string of the molecule is O=C(O)CC1(NC(=O)CCc2cc(F)ccc2Br)CCCC1. The van der Waals surface area contributed by atoms with Crippen LogP contribution in [0.1, 0.15) is 44.1 Å². The van der Waals surface area contributed by atoms with Gasteiger partial charge in [0.25, 0.3) is 0 Å². The van der Waals surface area contributed by atoms with Crippen molar-refractivity contribution in [2.75, 3.05) is 0 Å². The van der Waals surface area contributed by atoms with Gasteiger partial charge in [-0.3, -0.25) is 9.59 Å². The van der Waals surface area contributed by atoms with Crippen LogP contribution in [0.2, 0.25) is 0 Å². The molecule has 1 saturated carbocycles. The van der Waals surface area contributed by atoms with Crippen LogP contribution in [0.5, 0.6) is 0 Å². The number of carboxylic acids is 1. The summed E-state index contributed by atoms with van der Waals surface area (Å²) in [6.07, 6.45) is 3.86. The molecule has 0 saturated heterocycles. The summed E-state index contributed by atoms with van der Waals surface area (Å²) >= 11 is 3.34. The Kier molecular flexibility index (Phi) is 5.56. The fourth-order valence-corrected chi connectivity index (χ4v) is 3.47. The predicted octanol–water partition coefficient (Wildman–Crippen LogP) is 3.42. The van der Waals surface area contributed by atoms with Gasteiger partial charge in [-0.25, -0.2) is 4.39 Å². The molecule has 4 nitrogen and oxygen atoms in total. The Morgan fingerprint density at radius 1 is 1.32 bits per heavy atom. The largest absolute Gasteiger partial charge is 0.481 e. The standard InChI is InChI=1S/C16H19BrFNO3/c17-13-5-4-12(18)9-11(13)3-6-14(20)19-16(10-15(21)22)7-1-2-8-16/h4-5,9H,1-3,6-8,10H2,(H,19,20)(H,21,22). The Labute approximate surface area is 137 Å². The monoisotopic (exact) mass is 371 g/mol. The minimum atomic E-state index is -0.893. The molecule has 0 heterocycles. The van der Waals surface area contributed by atoms with Crippen molar-refractivity contribution < 1.29 is 19.1 Å². The number of hydrogen-bond donors (Lipinski definition) is 2. The molecule has 22 heavy (non-hydrogen) atoms. The van der Waals surface area contributed by atoms with Crippen molar-refractivity contribution in [3.8, 4) is 0 Å². The number of aliphatic carboxylic acids is 1. The van der Waals surface area contributed by atoms with E-state index in [2.05, 4.69) is 21.2 Å². The number of carbonyl (C=O) groups is 2. The van der Waals surface area contributed by atoms with Crippen molar-refractivity contribution in [2.24, 2.45) is 0 Å². The lowest BCUT2D eigenvalue weighted by atomic mass is 9.93. The maximum atomic E-state index is 13.2. The lowest BCUT2D eigenvalue weighted by molar-refractivity contribution is -0.139. The van der Waals surface area contributed by atoms with E-state index in [4.69, 9.17) is 5.11 Å². The van der Waals surface area contributed by atoms with Crippen LogP contribution < -0.4 is 5.32 Å². The third kappa shape index (κ3) is 4.53. The first kappa shape index (κ1) is 16.9. The summed E-state index contributed by atoms with van der Waals surface area (Å²) in [5.41, 5.74) is 0.121. The number of halogens is 2. The molecule has 2 N–H and O–H groups in total. The summed E-state index contributed by atoms with van der Waals surface area (Å²) < 4.78 is 14.0. The first-order valence-corrected chi connectivity index (χ1v) is 8.16. The van der Waals surface area contributed by atoms with Crippen LogP contribution in [-0.2, 0) is 16.0 Å². The van der Waals surface area contributed by atoms with Crippen LogP contribution in [0.15, 0.2) is 22.7 Å². The molecule has 0 atom stereocenters. The van der Waals surface area contributed by atoms with E-state index in [1.807, 2.05) is 0 Å². The van der Waals surface area contributed by atoms with Crippen LogP contribution in [0.25, 0.3) is 0 Å². The Morgan fingerprint density at radius 2 is 2.00 bits per heavy atom. The zero-order valence-electron chi connectivity index (χ0n) is 12.2. The molecule has 2 rings (SSSR count). The molecule has 1 amide bonds. The predicted molar refractivity (Wildman–Crippen MR) is 84.0 cm³/mol. The lowest BCUT2D eigenvalue weighted by Gasteiger charge is -2.28. The van der Waals surface area contributed by atoms with Gasteiger partial charge in [0.2, 0.25) is 5.91 Å². The van der Waals surface area contributed by atoms with Gasteiger partial charge in [0.05, 0.1) is 12.0 Å². The van der Waals surface area contributed by atoms with E-state index in [1.165, 1.54) is 12.1 Å². The Balaban J connectivity index is 1.94. The smallest absolute Gasteiger partial charge is 0.305 e. The minimum absolute atomic E-state index is 0.0393. The molecular weight excluding hydrogens is 353 g/mol. The molecule has 0 aromatic heterocycles. The van der Waals surface area contributed by atoms with E-state index in [1.54, 1.807) is 6.07 Å². The van der Waals surface area contributed by atoms with Crippen LogP contribution in [0.4, 0.5) is 4.39 Å². The molecule has 0 spiro atoms. The normalized spacial score (nSPS) is 16.5. The minimum Gasteiger partial charge on any atom is -0.481 e. The lowest BCUT2D eigenvalue weighted by Crippen LogP contribution is -2.47. The fraction of sp³-hybridized carbons (Fsp3) is 0.500. The number of benzene rings is 1. The van der Waals surface area contributed by atoms with Gasteiger partial charge in [0.15, 0.2) is 0 Å². The van der Waals surface area contributed by atoms with E-state index in [9.17, 15) is 14.0 Å². The summed E-state index contributed by atoms with van der Waals surface area (Å²) in [7, 11) is 0. The molecule has 1 aliphatic carbocycles. The van der Waals surface area contributed by atoms with E-state index < -0.39 is 11.5 Å². The van der Waals surface area contributed by atoms with Crippen LogP contribution in [-0.4, -0.2) is 22.5 Å². The third-order valence-electron chi connectivity index (χ3n) is 4.08. The highest BCUT2D eigenvalue weighted by Gasteiger charge is 2.37. The molecule has 1 aliphatic rings. The van der Waals surface area contributed by atoms with Gasteiger partial charge in [0, 0.05) is 10.9 Å². The second-order valence-electron chi connectivity index (χ2n) is 5.84. The van der Waals surface area contributed by atoms with Crippen molar-refractivity contribution in [2.45, 2.75) is 50.5 Å². The maximum absolute atomic E-state index is 13.2. The van der Waals surface area contributed by atoms with E-state index in [0.29, 0.717) is 19.3 Å². The van der Waals surface area contributed by atoms with Crippen molar-refractivity contribution >= 4 is 27.8 Å². The zero-order valence-corrected chi connectivity index (χ0v) is 13.8. The molecule has 0 radical (unpaired) electrons. The Morgan fingerprint density at radius 3 is 2.64 bits per heavy atom. The average Bonchev–Trinajstić information content (AvgIpc) is 2.87. The summed E-state index contributed by atoms with van der Waals surface area (Å²) in [4.78, 5) is 23.1. The quantitative estimate of drug-likeness (QED) is 0.804.